The monoisotopic (exact) mass is 341 g/mol. The van der Waals surface area contributed by atoms with Gasteiger partial charge < -0.3 is 9.84 Å². The van der Waals surface area contributed by atoms with Crippen molar-refractivity contribution in [2.45, 2.75) is 44.9 Å². The third kappa shape index (κ3) is 4.04. The van der Waals surface area contributed by atoms with Crippen molar-refractivity contribution in [2.24, 2.45) is 0 Å². The number of ether oxygens (including phenoxy) is 1. The summed E-state index contributed by atoms with van der Waals surface area (Å²) >= 11 is 3.50. The number of hydrogen-bond donors (Lipinski definition) is 1. The van der Waals surface area contributed by atoms with Crippen LogP contribution in [0.15, 0.2) is 28.7 Å². The number of nitrogens with zero attached hydrogens (tertiary/aromatic N) is 1. The zero-order chi connectivity index (χ0) is 14.5. The Hall–Kier alpha value is -0.420. The number of aliphatic hydroxyl groups is 1. The van der Waals surface area contributed by atoms with E-state index in [4.69, 9.17) is 4.74 Å². The molecule has 3 unspecified atom stereocenters. The van der Waals surface area contributed by atoms with E-state index in [0.29, 0.717) is 12.1 Å². The molecule has 1 N–H and O–H groups in total. The lowest BCUT2D eigenvalue weighted by atomic mass is 10.0. The summed E-state index contributed by atoms with van der Waals surface area (Å²) in [5.41, 5.74) is 0.974. The van der Waals surface area contributed by atoms with Crippen LogP contribution in [0.4, 0.5) is 0 Å². The van der Waals surface area contributed by atoms with Crippen molar-refractivity contribution < 1.29 is 9.84 Å². The number of halogens is 1. The van der Waals surface area contributed by atoms with Gasteiger partial charge in [0.25, 0.3) is 0 Å². The molecular weight excluding hydrogens is 318 g/mol. The van der Waals surface area contributed by atoms with Crippen LogP contribution in [0.2, 0.25) is 0 Å². The lowest BCUT2D eigenvalue weighted by Gasteiger charge is -2.38. The molecule has 1 aliphatic heterocycles. The van der Waals surface area contributed by atoms with Gasteiger partial charge in [-0.25, -0.2) is 0 Å². The van der Waals surface area contributed by atoms with E-state index in [-0.39, 0.29) is 0 Å². The van der Waals surface area contributed by atoms with Crippen molar-refractivity contribution in [1.82, 2.24) is 4.90 Å². The van der Waals surface area contributed by atoms with Crippen LogP contribution in [0.25, 0.3) is 0 Å². The molecule has 1 heterocycles. The number of hydrogen-bond acceptors (Lipinski definition) is 3. The van der Waals surface area contributed by atoms with Crippen molar-refractivity contribution in [3.63, 3.8) is 0 Å². The molecule has 3 atom stereocenters. The molecular formula is C16H24BrNO2. The third-order valence-corrected chi connectivity index (χ3v) is 4.73. The topological polar surface area (TPSA) is 32.7 Å². The van der Waals surface area contributed by atoms with Gasteiger partial charge >= 0.3 is 0 Å². The number of aliphatic hydroxyl groups excluding tert-OH is 1. The maximum absolute atomic E-state index is 10.4. The van der Waals surface area contributed by atoms with Gasteiger partial charge in [0.2, 0.25) is 0 Å². The molecule has 3 nitrogen and oxygen atoms in total. The van der Waals surface area contributed by atoms with Gasteiger partial charge in [-0.05, 0) is 31.4 Å². The van der Waals surface area contributed by atoms with E-state index in [0.717, 1.165) is 42.6 Å². The predicted molar refractivity (Wildman–Crippen MR) is 84.8 cm³/mol. The highest BCUT2D eigenvalue weighted by Crippen LogP contribution is 2.26. The molecule has 0 aromatic heterocycles. The van der Waals surface area contributed by atoms with Gasteiger partial charge in [0.1, 0.15) is 0 Å². The summed E-state index contributed by atoms with van der Waals surface area (Å²) in [5.74, 6) is 0. The first-order valence-electron chi connectivity index (χ1n) is 7.40. The highest BCUT2D eigenvalue weighted by molar-refractivity contribution is 9.10. The van der Waals surface area contributed by atoms with Gasteiger partial charge in [0, 0.05) is 23.6 Å². The molecule has 1 aromatic carbocycles. The van der Waals surface area contributed by atoms with Gasteiger partial charge in [-0.15, -0.1) is 0 Å². The molecule has 4 heteroatoms. The Kier molecular flexibility index (Phi) is 6.02. The first-order valence-corrected chi connectivity index (χ1v) is 8.19. The van der Waals surface area contributed by atoms with Crippen molar-refractivity contribution in [3.8, 4) is 0 Å². The summed E-state index contributed by atoms with van der Waals surface area (Å²) in [6.45, 7) is 6.99. The van der Waals surface area contributed by atoms with E-state index in [2.05, 4.69) is 34.7 Å². The third-order valence-electron chi connectivity index (χ3n) is 4.01. The standard InChI is InChI=1S/C16H24BrNO2/c1-3-13-11-20-12(2)10-18(13)9-8-16(19)14-6-4-5-7-15(14)17/h4-7,12-13,16,19H,3,8-11H2,1-2H3. The molecule has 1 aliphatic rings. The molecule has 1 fully saturated rings. The Balaban J connectivity index is 1.92. The fraction of sp³-hybridized carbons (Fsp3) is 0.625. The van der Waals surface area contributed by atoms with E-state index in [9.17, 15) is 5.11 Å². The minimum absolute atomic E-state index is 0.290. The van der Waals surface area contributed by atoms with E-state index in [1.54, 1.807) is 0 Å². The smallest absolute Gasteiger partial charge is 0.0813 e. The van der Waals surface area contributed by atoms with Crippen LogP contribution in [-0.2, 0) is 4.74 Å². The zero-order valence-electron chi connectivity index (χ0n) is 12.3. The highest BCUT2D eigenvalue weighted by Gasteiger charge is 2.25. The van der Waals surface area contributed by atoms with Gasteiger partial charge in [0.15, 0.2) is 0 Å². The minimum atomic E-state index is -0.416. The Morgan fingerprint density at radius 3 is 2.90 bits per heavy atom. The second-order valence-electron chi connectivity index (χ2n) is 5.53. The van der Waals surface area contributed by atoms with Crippen LogP contribution >= 0.6 is 15.9 Å². The number of morpholine rings is 1. The molecule has 0 amide bonds. The molecule has 112 valence electrons. The molecule has 20 heavy (non-hydrogen) atoms. The fourth-order valence-electron chi connectivity index (χ4n) is 2.75. The van der Waals surface area contributed by atoms with Crippen LogP contribution in [0.1, 0.15) is 38.4 Å². The molecule has 0 radical (unpaired) electrons. The highest BCUT2D eigenvalue weighted by atomic mass is 79.9. The molecule has 0 aliphatic carbocycles. The van der Waals surface area contributed by atoms with Crippen molar-refractivity contribution in [2.75, 3.05) is 19.7 Å². The van der Waals surface area contributed by atoms with Crippen LogP contribution < -0.4 is 0 Å². The maximum Gasteiger partial charge on any atom is 0.0813 e. The SMILES string of the molecule is CCC1COC(C)CN1CCC(O)c1ccccc1Br. The van der Waals surface area contributed by atoms with Crippen LogP contribution in [-0.4, -0.2) is 41.8 Å². The summed E-state index contributed by atoms with van der Waals surface area (Å²) in [6, 6.07) is 8.38. The largest absolute Gasteiger partial charge is 0.388 e. The molecule has 1 aromatic rings. The van der Waals surface area contributed by atoms with Gasteiger partial charge in [-0.1, -0.05) is 41.1 Å². The van der Waals surface area contributed by atoms with E-state index < -0.39 is 6.10 Å². The van der Waals surface area contributed by atoms with Crippen LogP contribution in [0.3, 0.4) is 0 Å². The summed E-state index contributed by atoms with van der Waals surface area (Å²) in [6.07, 6.45) is 1.73. The minimum Gasteiger partial charge on any atom is -0.388 e. The average Bonchev–Trinajstić information content (AvgIpc) is 2.45. The number of rotatable bonds is 5. The lowest BCUT2D eigenvalue weighted by molar-refractivity contribution is -0.0591. The van der Waals surface area contributed by atoms with Crippen LogP contribution in [0.5, 0.6) is 0 Å². The van der Waals surface area contributed by atoms with Gasteiger partial charge in [-0.3, -0.25) is 4.90 Å². The Morgan fingerprint density at radius 1 is 1.45 bits per heavy atom. The van der Waals surface area contributed by atoms with E-state index in [1.807, 2.05) is 24.3 Å². The van der Waals surface area contributed by atoms with E-state index in [1.165, 1.54) is 0 Å². The lowest BCUT2D eigenvalue weighted by Crippen LogP contribution is -2.48. The van der Waals surface area contributed by atoms with E-state index >= 15 is 0 Å². The van der Waals surface area contributed by atoms with Crippen molar-refractivity contribution >= 4 is 15.9 Å². The normalized spacial score (nSPS) is 25.6. The van der Waals surface area contributed by atoms with Crippen molar-refractivity contribution in [3.05, 3.63) is 34.3 Å². The Bertz CT molecular complexity index is 427. The molecule has 0 saturated carbocycles. The molecule has 0 spiro atoms. The fourth-order valence-corrected chi connectivity index (χ4v) is 3.30. The van der Waals surface area contributed by atoms with Gasteiger partial charge in [0.05, 0.1) is 18.8 Å². The van der Waals surface area contributed by atoms with Gasteiger partial charge in [-0.2, -0.15) is 0 Å². The molecule has 0 bridgehead atoms. The van der Waals surface area contributed by atoms with Crippen LogP contribution in [0, 0.1) is 0 Å². The first kappa shape index (κ1) is 16.0. The summed E-state index contributed by atoms with van der Waals surface area (Å²) < 4.78 is 6.69. The summed E-state index contributed by atoms with van der Waals surface area (Å²) in [5, 5.41) is 10.4. The maximum atomic E-state index is 10.4. The second-order valence-corrected chi connectivity index (χ2v) is 6.38. The zero-order valence-corrected chi connectivity index (χ0v) is 13.8. The molecule has 1 saturated heterocycles. The number of benzene rings is 1. The summed E-state index contributed by atoms with van der Waals surface area (Å²) in [7, 11) is 0. The first-order chi connectivity index (χ1) is 9.61. The predicted octanol–water partition coefficient (Wildman–Crippen LogP) is 3.37. The Morgan fingerprint density at radius 2 is 2.20 bits per heavy atom. The molecule has 2 rings (SSSR count). The Labute approximate surface area is 130 Å². The summed E-state index contributed by atoms with van der Waals surface area (Å²) in [4.78, 5) is 2.45. The average molecular weight is 342 g/mol. The van der Waals surface area contributed by atoms with Crippen molar-refractivity contribution in [1.29, 1.82) is 0 Å². The second kappa shape index (κ2) is 7.55. The quantitative estimate of drug-likeness (QED) is 0.891.